The minimum Gasteiger partial charge on any atom is -0.506 e. The van der Waals surface area contributed by atoms with Crippen molar-refractivity contribution in [1.82, 2.24) is 4.90 Å². The lowest BCUT2D eigenvalue weighted by Crippen LogP contribution is -2.48. The second-order valence-corrected chi connectivity index (χ2v) is 7.03. The van der Waals surface area contributed by atoms with E-state index < -0.39 is 0 Å². The molecule has 1 aromatic rings. The van der Waals surface area contributed by atoms with Crippen molar-refractivity contribution in [3.05, 3.63) is 28.2 Å². The van der Waals surface area contributed by atoms with Crippen LogP contribution in [-0.4, -0.2) is 41.9 Å². The standard InChI is InChI=1S/C17H23BrN2O/c18-15-7-3-5-14(17(15)21)12-19-11-13-6-4-10-20-9-2-1-8-16(13)20/h3,5,7,12-13,16,21H,1-2,4,6,8-11H2. The number of aliphatic imine (C=N–C) groups is 1. The van der Waals surface area contributed by atoms with Crippen LogP contribution in [0, 0.1) is 5.92 Å². The number of para-hydroxylation sites is 1. The molecule has 1 N–H and O–H groups in total. The number of rotatable bonds is 3. The number of phenols is 1. The number of hydrogen-bond acceptors (Lipinski definition) is 3. The summed E-state index contributed by atoms with van der Waals surface area (Å²) in [6.07, 6.45) is 8.48. The number of piperidine rings is 2. The largest absolute Gasteiger partial charge is 0.506 e. The van der Waals surface area contributed by atoms with Crippen LogP contribution in [0.3, 0.4) is 0 Å². The second kappa shape index (κ2) is 6.93. The van der Waals surface area contributed by atoms with Gasteiger partial charge in [0.05, 0.1) is 4.47 Å². The van der Waals surface area contributed by atoms with Crippen LogP contribution in [0.25, 0.3) is 0 Å². The molecule has 3 rings (SSSR count). The highest BCUT2D eigenvalue weighted by Gasteiger charge is 2.32. The van der Waals surface area contributed by atoms with Crippen LogP contribution in [0.15, 0.2) is 27.7 Å². The maximum absolute atomic E-state index is 9.98. The van der Waals surface area contributed by atoms with Gasteiger partial charge in [0, 0.05) is 24.4 Å². The first-order valence-corrected chi connectivity index (χ1v) is 8.76. The molecule has 0 radical (unpaired) electrons. The molecule has 2 aliphatic heterocycles. The zero-order chi connectivity index (χ0) is 14.7. The van der Waals surface area contributed by atoms with Crippen LogP contribution in [0.4, 0.5) is 0 Å². The van der Waals surface area contributed by atoms with E-state index in [2.05, 4.69) is 25.8 Å². The van der Waals surface area contributed by atoms with Crippen LogP contribution in [0.2, 0.25) is 0 Å². The monoisotopic (exact) mass is 350 g/mol. The first-order valence-electron chi connectivity index (χ1n) is 7.97. The molecule has 2 unspecified atom stereocenters. The number of fused-ring (bicyclic) bond motifs is 1. The summed E-state index contributed by atoms with van der Waals surface area (Å²) in [5.74, 6) is 0.966. The second-order valence-electron chi connectivity index (χ2n) is 6.17. The minimum atomic E-state index is 0.282. The number of halogens is 1. The van der Waals surface area contributed by atoms with Crippen molar-refractivity contribution in [2.24, 2.45) is 10.9 Å². The van der Waals surface area contributed by atoms with E-state index in [0.29, 0.717) is 5.92 Å². The molecule has 0 saturated carbocycles. The van der Waals surface area contributed by atoms with Crippen molar-refractivity contribution in [3.63, 3.8) is 0 Å². The highest BCUT2D eigenvalue weighted by atomic mass is 79.9. The van der Waals surface area contributed by atoms with Gasteiger partial charge in [-0.05, 0) is 72.8 Å². The van der Waals surface area contributed by atoms with Crippen LogP contribution in [0.1, 0.15) is 37.7 Å². The fraction of sp³-hybridized carbons (Fsp3) is 0.588. The van der Waals surface area contributed by atoms with E-state index in [1.54, 1.807) is 0 Å². The zero-order valence-corrected chi connectivity index (χ0v) is 13.9. The van der Waals surface area contributed by atoms with E-state index in [1.165, 1.54) is 45.2 Å². The van der Waals surface area contributed by atoms with Crippen LogP contribution in [0.5, 0.6) is 5.75 Å². The first-order chi connectivity index (χ1) is 10.3. The summed E-state index contributed by atoms with van der Waals surface area (Å²) in [7, 11) is 0. The topological polar surface area (TPSA) is 35.8 Å². The van der Waals surface area contributed by atoms with Crippen molar-refractivity contribution in [2.45, 2.75) is 38.1 Å². The van der Waals surface area contributed by atoms with Gasteiger partial charge in [-0.1, -0.05) is 12.5 Å². The van der Waals surface area contributed by atoms with E-state index in [9.17, 15) is 5.11 Å². The molecule has 0 aromatic heterocycles. The average Bonchev–Trinajstić information content (AvgIpc) is 2.52. The molecule has 2 saturated heterocycles. The van der Waals surface area contributed by atoms with Gasteiger partial charge in [-0.25, -0.2) is 0 Å². The fourth-order valence-corrected chi connectivity index (χ4v) is 4.09. The molecule has 0 aliphatic carbocycles. The summed E-state index contributed by atoms with van der Waals surface area (Å²) < 4.78 is 0.725. The Labute approximate surface area is 135 Å². The SMILES string of the molecule is Oc1c(Br)cccc1C=NCC1CCCN2CCCCC12. The Morgan fingerprint density at radius 2 is 2.10 bits per heavy atom. The Kier molecular flexibility index (Phi) is 4.96. The van der Waals surface area contributed by atoms with Gasteiger partial charge in [0.25, 0.3) is 0 Å². The molecule has 4 heteroatoms. The molecule has 3 nitrogen and oxygen atoms in total. The van der Waals surface area contributed by atoms with Gasteiger partial charge in [-0.15, -0.1) is 0 Å². The van der Waals surface area contributed by atoms with Crippen molar-refractivity contribution in [3.8, 4) is 5.75 Å². The van der Waals surface area contributed by atoms with E-state index in [1.807, 2.05) is 24.4 Å². The molecule has 2 fully saturated rings. The molecule has 0 spiro atoms. The number of nitrogens with zero attached hydrogens (tertiary/aromatic N) is 2. The van der Waals surface area contributed by atoms with Gasteiger partial charge >= 0.3 is 0 Å². The average molecular weight is 351 g/mol. The summed E-state index contributed by atoms with van der Waals surface area (Å²) in [6.45, 7) is 3.43. The number of aromatic hydroxyl groups is 1. The predicted octanol–water partition coefficient (Wildman–Crippen LogP) is 3.84. The lowest BCUT2D eigenvalue weighted by Gasteiger charge is -2.43. The van der Waals surface area contributed by atoms with Gasteiger partial charge in [-0.2, -0.15) is 0 Å². The third-order valence-electron chi connectivity index (χ3n) is 4.82. The van der Waals surface area contributed by atoms with Crippen molar-refractivity contribution in [1.29, 1.82) is 0 Å². The summed E-state index contributed by atoms with van der Waals surface area (Å²) in [5.41, 5.74) is 0.792. The zero-order valence-electron chi connectivity index (χ0n) is 12.3. The lowest BCUT2D eigenvalue weighted by atomic mass is 9.83. The van der Waals surface area contributed by atoms with E-state index in [4.69, 9.17) is 0 Å². The van der Waals surface area contributed by atoms with E-state index >= 15 is 0 Å². The fourth-order valence-electron chi connectivity index (χ4n) is 3.71. The third-order valence-corrected chi connectivity index (χ3v) is 5.46. The van der Waals surface area contributed by atoms with Gasteiger partial charge < -0.3 is 10.0 Å². The molecule has 0 bridgehead atoms. The molecule has 1 aromatic carbocycles. The summed E-state index contributed by atoms with van der Waals surface area (Å²) in [6, 6.07) is 6.40. The Bertz CT molecular complexity index is 516. The molecular formula is C17H23BrN2O. The van der Waals surface area contributed by atoms with E-state index in [0.717, 1.165) is 22.6 Å². The number of hydrogen-bond donors (Lipinski definition) is 1. The Morgan fingerprint density at radius 1 is 1.24 bits per heavy atom. The van der Waals surface area contributed by atoms with Gasteiger partial charge in [0.15, 0.2) is 0 Å². The lowest BCUT2D eigenvalue weighted by molar-refractivity contribution is 0.0635. The quantitative estimate of drug-likeness (QED) is 0.840. The molecule has 114 valence electrons. The van der Waals surface area contributed by atoms with Crippen molar-refractivity contribution < 1.29 is 5.11 Å². The van der Waals surface area contributed by atoms with Crippen molar-refractivity contribution in [2.75, 3.05) is 19.6 Å². The Morgan fingerprint density at radius 3 is 3.00 bits per heavy atom. The van der Waals surface area contributed by atoms with Crippen molar-refractivity contribution >= 4 is 22.1 Å². The smallest absolute Gasteiger partial charge is 0.138 e. The van der Waals surface area contributed by atoms with Gasteiger partial charge in [0.1, 0.15) is 5.75 Å². The highest BCUT2D eigenvalue weighted by Crippen LogP contribution is 2.31. The minimum absolute atomic E-state index is 0.282. The summed E-state index contributed by atoms with van der Waals surface area (Å²) in [4.78, 5) is 7.30. The van der Waals surface area contributed by atoms with Crippen LogP contribution in [-0.2, 0) is 0 Å². The molecular weight excluding hydrogens is 328 g/mol. The number of benzene rings is 1. The number of phenolic OH excluding ortho intramolecular Hbond substituents is 1. The highest BCUT2D eigenvalue weighted by molar-refractivity contribution is 9.10. The molecule has 2 atom stereocenters. The summed E-state index contributed by atoms with van der Waals surface area (Å²) >= 11 is 3.34. The maximum atomic E-state index is 9.98. The molecule has 2 heterocycles. The van der Waals surface area contributed by atoms with Crippen LogP contribution >= 0.6 is 15.9 Å². The first kappa shape index (κ1) is 15.0. The van der Waals surface area contributed by atoms with Crippen LogP contribution < -0.4 is 0 Å². The molecule has 2 aliphatic rings. The Hall–Kier alpha value is -0.870. The van der Waals surface area contributed by atoms with Gasteiger partial charge in [-0.3, -0.25) is 4.99 Å². The Balaban J connectivity index is 1.63. The predicted molar refractivity (Wildman–Crippen MR) is 90.2 cm³/mol. The van der Waals surface area contributed by atoms with Gasteiger partial charge in [0.2, 0.25) is 0 Å². The normalized spacial score (nSPS) is 26.9. The maximum Gasteiger partial charge on any atom is 0.138 e. The summed E-state index contributed by atoms with van der Waals surface area (Å²) in [5, 5.41) is 9.98. The molecule has 0 amide bonds. The third kappa shape index (κ3) is 3.49. The molecule has 21 heavy (non-hydrogen) atoms. The van der Waals surface area contributed by atoms with E-state index in [-0.39, 0.29) is 5.75 Å².